The highest BCUT2D eigenvalue weighted by Crippen LogP contribution is 2.41. The predicted molar refractivity (Wildman–Crippen MR) is 134 cm³/mol. The van der Waals surface area contributed by atoms with Gasteiger partial charge in [0.1, 0.15) is 10.7 Å². The lowest BCUT2D eigenvalue weighted by atomic mass is 9.72. The van der Waals surface area contributed by atoms with Crippen LogP contribution in [0.25, 0.3) is 10.2 Å². The van der Waals surface area contributed by atoms with Crippen molar-refractivity contribution in [1.29, 1.82) is 0 Å². The summed E-state index contributed by atoms with van der Waals surface area (Å²) in [6.45, 7) is 7.39. The first kappa shape index (κ1) is 23.1. The number of nitrogens with zero attached hydrogens (tertiary/aromatic N) is 1. The van der Waals surface area contributed by atoms with E-state index in [0.717, 1.165) is 35.0 Å². The van der Waals surface area contributed by atoms with Crippen LogP contribution in [-0.2, 0) is 30.6 Å². The zero-order valence-electron chi connectivity index (χ0n) is 19.2. The lowest BCUT2D eigenvalue weighted by Gasteiger charge is -2.33. The van der Waals surface area contributed by atoms with Gasteiger partial charge < -0.3 is 10.3 Å². The van der Waals surface area contributed by atoms with Gasteiger partial charge in [0.05, 0.1) is 5.39 Å². The van der Waals surface area contributed by atoms with Crippen molar-refractivity contribution < 1.29 is 4.79 Å². The van der Waals surface area contributed by atoms with Gasteiger partial charge >= 0.3 is 0 Å². The molecule has 2 N–H and O–H groups in total. The number of benzene rings is 1. The van der Waals surface area contributed by atoms with Gasteiger partial charge in [-0.05, 0) is 60.1 Å². The molecule has 170 valence electrons. The van der Waals surface area contributed by atoms with Crippen molar-refractivity contribution in [1.82, 2.24) is 15.3 Å². The summed E-state index contributed by atoms with van der Waals surface area (Å²) in [4.78, 5) is 36.1. The largest absolute Gasteiger partial charge is 0.352 e. The maximum absolute atomic E-state index is 12.8. The van der Waals surface area contributed by atoms with Gasteiger partial charge in [-0.25, -0.2) is 4.98 Å². The van der Waals surface area contributed by atoms with Crippen LogP contribution in [0.5, 0.6) is 0 Å². The quantitative estimate of drug-likeness (QED) is 0.492. The molecule has 0 unspecified atom stereocenters. The molecule has 5 nitrogen and oxygen atoms in total. The number of carbonyl (C=O) groups is 1. The number of H-pyrrole nitrogens is 1. The van der Waals surface area contributed by atoms with Crippen molar-refractivity contribution in [2.45, 2.75) is 64.3 Å². The van der Waals surface area contributed by atoms with E-state index >= 15 is 0 Å². The van der Waals surface area contributed by atoms with Crippen LogP contribution in [0, 0.1) is 11.3 Å². The Kier molecular flexibility index (Phi) is 6.77. The Morgan fingerprint density at radius 2 is 2.03 bits per heavy atom. The number of carbonyl (C=O) groups excluding carboxylic acids is 1. The third-order valence-electron chi connectivity index (χ3n) is 6.43. The number of thiophene rings is 1. The number of fused-ring (bicyclic) bond motifs is 3. The van der Waals surface area contributed by atoms with Crippen LogP contribution < -0.4 is 10.9 Å². The van der Waals surface area contributed by atoms with Crippen molar-refractivity contribution in [3.63, 3.8) is 0 Å². The van der Waals surface area contributed by atoms with E-state index in [1.54, 1.807) is 23.1 Å². The zero-order valence-corrected chi connectivity index (χ0v) is 20.8. The Labute approximate surface area is 197 Å². The lowest BCUT2D eigenvalue weighted by Crippen LogP contribution is -2.26. The van der Waals surface area contributed by atoms with Crippen LogP contribution in [0.4, 0.5) is 0 Å². The molecule has 0 radical (unpaired) electrons. The van der Waals surface area contributed by atoms with Crippen LogP contribution >= 0.6 is 23.1 Å². The average molecular weight is 470 g/mol. The van der Waals surface area contributed by atoms with Crippen molar-refractivity contribution >= 4 is 39.2 Å². The van der Waals surface area contributed by atoms with Crippen molar-refractivity contribution in [2.75, 3.05) is 6.26 Å². The lowest BCUT2D eigenvalue weighted by molar-refractivity contribution is -0.121. The highest BCUT2D eigenvalue weighted by molar-refractivity contribution is 7.98. The molecule has 2 heterocycles. The molecule has 2 aromatic heterocycles. The second-order valence-corrected chi connectivity index (χ2v) is 11.6. The summed E-state index contributed by atoms with van der Waals surface area (Å²) in [5.74, 6) is 1.18. The minimum atomic E-state index is -0.0639. The van der Waals surface area contributed by atoms with Crippen molar-refractivity contribution in [3.8, 4) is 0 Å². The maximum atomic E-state index is 12.8. The van der Waals surface area contributed by atoms with Crippen LogP contribution in [0.3, 0.4) is 0 Å². The maximum Gasteiger partial charge on any atom is 0.259 e. The van der Waals surface area contributed by atoms with Gasteiger partial charge in [0.25, 0.3) is 5.56 Å². The number of hydrogen-bond donors (Lipinski definition) is 2. The molecule has 1 atom stereocenters. The fourth-order valence-corrected chi connectivity index (χ4v) is 6.08. The van der Waals surface area contributed by atoms with E-state index in [2.05, 4.69) is 43.2 Å². The fraction of sp³-hybridized carbons (Fsp3) is 0.480. The number of amides is 1. The summed E-state index contributed by atoms with van der Waals surface area (Å²) in [6.07, 6.45) is 5.85. The molecule has 1 aliphatic rings. The summed E-state index contributed by atoms with van der Waals surface area (Å²) >= 11 is 3.36. The Bertz CT molecular complexity index is 1170. The van der Waals surface area contributed by atoms with Gasteiger partial charge in [0.15, 0.2) is 0 Å². The number of thioether (sulfide) groups is 1. The summed E-state index contributed by atoms with van der Waals surface area (Å²) in [5, 5.41) is 3.72. The van der Waals surface area contributed by atoms with Crippen molar-refractivity contribution in [2.24, 2.45) is 11.3 Å². The van der Waals surface area contributed by atoms with Crippen LogP contribution in [0.1, 0.15) is 55.4 Å². The fourth-order valence-electron chi connectivity index (χ4n) is 4.35. The first-order valence-electron chi connectivity index (χ1n) is 11.2. The van der Waals surface area contributed by atoms with Gasteiger partial charge in [0, 0.05) is 29.2 Å². The predicted octanol–water partition coefficient (Wildman–Crippen LogP) is 5.11. The highest BCUT2D eigenvalue weighted by Gasteiger charge is 2.31. The molecule has 0 bridgehead atoms. The van der Waals surface area contributed by atoms with E-state index in [0.29, 0.717) is 31.1 Å². The zero-order chi connectivity index (χ0) is 22.9. The van der Waals surface area contributed by atoms with E-state index < -0.39 is 0 Å². The standard InChI is InChI=1S/C25H31N3O2S2/c1-25(2,3)16-7-10-18-19(13-16)32-24-22(18)23(30)27-20(28-24)11-12-21(29)26-14-15-5-8-17(31-4)9-6-15/h5-6,8-9,16H,7,10-14H2,1-4H3,(H,26,29)(H,27,28,30)/t16-/m1/s1. The average Bonchev–Trinajstić information content (AvgIpc) is 3.14. The van der Waals surface area contributed by atoms with Gasteiger partial charge in [-0.15, -0.1) is 23.1 Å². The summed E-state index contributed by atoms with van der Waals surface area (Å²) < 4.78 is 0. The Hall–Kier alpha value is -2.12. The summed E-state index contributed by atoms with van der Waals surface area (Å²) in [6, 6.07) is 8.17. The summed E-state index contributed by atoms with van der Waals surface area (Å²) in [5.41, 5.74) is 2.47. The summed E-state index contributed by atoms with van der Waals surface area (Å²) in [7, 11) is 0. The second-order valence-electron chi connectivity index (χ2n) is 9.63. The Morgan fingerprint density at radius 3 is 2.72 bits per heavy atom. The third-order valence-corrected chi connectivity index (χ3v) is 8.32. The molecule has 7 heteroatoms. The molecule has 0 saturated carbocycles. The molecule has 0 saturated heterocycles. The molecule has 4 rings (SSSR count). The second kappa shape index (κ2) is 9.40. The molecule has 32 heavy (non-hydrogen) atoms. The Balaban J connectivity index is 1.40. The molecule has 1 aliphatic carbocycles. The van der Waals surface area contributed by atoms with E-state index in [1.807, 2.05) is 18.4 Å². The van der Waals surface area contributed by atoms with Gasteiger partial charge in [-0.3, -0.25) is 9.59 Å². The van der Waals surface area contributed by atoms with Crippen molar-refractivity contribution in [3.05, 3.63) is 56.4 Å². The molecule has 0 aliphatic heterocycles. The molecule has 3 aromatic rings. The van der Waals surface area contributed by atoms with Crippen LogP contribution in [0.2, 0.25) is 0 Å². The smallest absolute Gasteiger partial charge is 0.259 e. The number of aromatic amines is 1. The molecule has 1 amide bonds. The number of hydrogen-bond acceptors (Lipinski definition) is 5. The number of aromatic nitrogens is 2. The Morgan fingerprint density at radius 1 is 1.28 bits per heavy atom. The molecular formula is C25H31N3O2S2. The van der Waals surface area contributed by atoms with E-state index in [9.17, 15) is 9.59 Å². The number of rotatable bonds is 6. The molecular weight excluding hydrogens is 438 g/mol. The van der Waals surface area contributed by atoms with E-state index in [-0.39, 0.29) is 16.9 Å². The first-order chi connectivity index (χ1) is 15.2. The SMILES string of the molecule is CSc1ccc(CNC(=O)CCc2nc3sc4c(c3c(=O)[nH]2)CC[C@@H](C(C)(C)C)C4)cc1. The topological polar surface area (TPSA) is 74.8 Å². The number of nitrogens with one attached hydrogen (secondary N) is 2. The van der Waals surface area contributed by atoms with Gasteiger partial charge in [-0.1, -0.05) is 32.9 Å². The van der Waals surface area contributed by atoms with E-state index in [1.165, 1.54) is 15.3 Å². The van der Waals surface area contributed by atoms with Gasteiger partial charge in [-0.2, -0.15) is 0 Å². The molecule has 1 aromatic carbocycles. The third kappa shape index (κ3) is 5.09. The minimum Gasteiger partial charge on any atom is -0.352 e. The monoisotopic (exact) mass is 469 g/mol. The molecule has 0 spiro atoms. The van der Waals surface area contributed by atoms with E-state index in [4.69, 9.17) is 4.98 Å². The first-order valence-corrected chi connectivity index (χ1v) is 13.2. The normalized spacial score (nSPS) is 16.2. The molecule has 0 fully saturated rings. The van der Waals surface area contributed by atoms with Crippen LogP contribution in [0.15, 0.2) is 34.0 Å². The van der Waals surface area contributed by atoms with Crippen LogP contribution in [-0.4, -0.2) is 22.1 Å². The highest BCUT2D eigenvalue weighted by atomic mass is 32.2. The minimum absolute atomic E-state index is 0.0415. The van der Waals surface area contributed by atoms with Gasteiger partial charge in [0.2, 0.25) is 5.91 Å². The number of aryl methyl sites for hydroxylation is 2.